The second kappa shape index (κ2) is 8.65. The van der Waals surface area contributed by atoms with Crippen molar-refractivity contribution in [3.63, 3.8) is 0 Å². The van der Waals surface area contributed by atoms with Gasteiger partial charge in [-0.15, -0.1) is 10.2 Å². The summed E-state index contributed by atoms with van der Waals surface area (Å²) in [5.74, 6) is 0.613. The molecule has 104 valence electrons. The van der Waals surface area contributed by atoms with Gasteiger partial charge in [0.15, 0.2) is 4.34 Å². The van der Waals surface area contributed by atoms with E-state index in [4.69, 9.17) is 4.74 Å². The topological polar surface area (TPSA) is 70.5 Å². The van der Waals surface area contributed by atoms with Crippen LogP contribution in [-0.2, 0) is 4.74 Å². The molecule has 2 N–H and O–H groups in total. The van der Waals surface area contributed by atoms with E-state index in [0.29, 0.717) is 18.9 Å². The average molecular weight is 292 g/mol. The lowest BCUT2D eigenvalue weighted by Crippen LogP contribution is -2.30. The molecule has 1 aromatic rings. The van der Waals surface area contributed by atoms with E-state index in [1.54, 1.807) is 7.11 Å². The molecule has 1 heterocycles. The molecule has 1 rings (SSSR count). The molecule has 8 heteroatoms. The third-order valence-electron chi connectivity index (χ3n) is 2.04. The third-order valence-corrected chi connectivity index (χ3v) is 4.41. The summed E-state index contributed by atoms with van der Waals surface area (Å²) in [6.45, 7) is 1.97. The number of methoxy groups -OCH3 is 1. The Kier molecular flexibility index (Phi) is 7.52. The Balaban J connectivity index is 2.18. The summed E-state index contributed by atoms with van der Waals surface area (Å²) in [6, 6.07) is 0. The maximum Gasteiger partial charge on any atom is 0.208 e. The predicted molar refractivity (Wildman–Crippen MR) is 75.7 cm³/mol. The minimum Gasteiger partial charge on any atom is -0.391 e. The van der Waals surface area contributed by atoms with Crippen molar-refractivity contribution >= 4 is 28.2 Å². The lowest BCUT2D eigenvalue weighted by atomic mass is 10.4. The fourth-order valence-electron chi connectivity index (χ4n) is 1.11. The fourth-order valence-corrected chi connectivity index (χ4v) is 2.83. The number of aromatic nitrogens is 2. The second-order valence-corrected chi connectivity index (χ2v) is 6.13. The Morgan fingerprint density at radius 2 is 2.28 bits per heavy atom. The first kappa shape index (κ1) is 15.6. The molecule has 0 aromatic carbocycles. The molecule has 0 saturated carbocycles. The lowest BCUT2D eigenvalue weighted by Gasteiger charge is -2.10. The summed E-state index contributed by atoms with van der Waals surface area (Å²) in [7, 11) is 5.53. The van der Waals surface area contributed by atoms with Crippen molar-refractivity contribution in [3.8, 4) is 0 Å². The minimum absolute atomic E-state index is 0.390. The van der Waals surface area contributed by atoms with E-state index in [2.05, 4.69) is 15.5 Å². The highest BCUT2D eigenvalue weighted by atomic mass is 32.2. The highest BCUT2D eigenvalue weighted by molar-refractivity contribution is 8.01. The van der Waals surface area contributed by atoms with E-state index in [9.17, 15) is 5.11 Å². The zero-order chi connectivity index (χ0) is 13.4. The Labute approximate surface area is 116 Å². The van der Waals surface area contributed by atoms with E-state index in [-0.39, 0.29) is 0 Å². The number of anilines is 1. The predicted octanol–water partition coefficient (Wildman–Crippen LogP) is 0.293. The molecular formula is C10H20N4O2S2. The van der Waals surface area contributed by atoms with Gasteiger partial charge in [0.25, 0.3) is 0 Å². The summed E-state index contributed by atoms with van der Waals surface area (Å²) in [6.07, 6.45) is -0.390. The van der Waals surface area contributed by atoms with Gasteiger partial charge in [0.1, 0.15) is 0 Å². The number of nitrogens with zero attached hydrogens (tertiary/aromatic N) is 3. The summed E-state index contributed by atoms with van der Waals surface area (Å²) < 4.78 is 5.79. The number of ether oxygens (including phenoxy) is 1. The molecule has 0 bridgehead atoms. The van der Waals surface area contributed by atoms with Crippen LogP contribution in [0.1, 0.15) is 0 Å². The normalized spacial score (nSPS) is 12.7. The van der Waals surface area contributed by atoms with Gasteiger partial charge in [0.05, 0.1) is 12.7 Å². The van der Waals surface area contributed by atoms with Crippen LogP contribution >= 0.6 is 23.1 Å². The molecule has 0 saturated heterocycles. The number of aliphatic hydroxyl groups is 1. The van der Waals surface area contributed by atoms with E-state index in [0.717, 1.165) is 16.0 Å². The first-order valence-electron chi connectivity index (χ1n) is 5.65. The van der Waals surface area contributed by atoms with E-state index in [1.165, 1.54) is 23.1 Å². The standard InChI is InChI=1S/C10H20N4O2S2/c1-14(2)9-12-13-10(18-9)17-7-8(15)6-11-4-5-16-3/h8,11,15H,4-7H2,1-3H3. The van der Waals surface area contributed by atoms with E-state index in [1.807, 2.05) is 19.0 Å². The first-order chi connectivity index (χ1) is 8.63. The van der Waals surface area contributed by atoms with Crippen LogP contribution in [0.4, 0.5) is 5.13 Å². The zero-order valence-electron chi connectivity index (χ0n) is 10.9. The molecule has 0 aliphatic heterocycles. The third kappa shape index (κ3) is 5.96. The molecule has 6 nitrogen and oxygen atoms in total. The molecule has 1 unspecified atom stereocenters. The highest BCUT2D eigenvalue weighted by Gasteiger charge is 2.09. The van der Waals surface area contributed by atoms with Crippen LogP contribution in [0.15, 0.2) is 4.34 Å². The first-order valence-corrected chi connectivity index (χ1v) is 7.45. The second-order valence-electron chi connectivity index (χ2n) is 3.91. The molecular weight excluding hydrogens is 272 g/mol. The zero-order valence-corrected chi connectivity index (χ0v) is 12.6. The monoisotopic (exact) mass is 292 g/mol. The fraction of sp³-hybridized carbons (Fsp3) is 0.800. The average Bonchev–Trinajstić information content (AvgIpc) is 2.81. The van der Waals surface area contributed by atoms with Crippen molar-refractivity contribution in [2.24, 2.45) is 0 Å². The number of hydrogen-bond donors (Lipinski definition) is 2. The summed E-state index contributed by atoms with van der Waals surface area (Å²) in [5, 5.41) is 21.8. The Morgan fingerprint density at radius 1 is 1.50 bits per heavy atom. The van der Waals surface area contributed by atoms with Crippen LogP contribution in [0.25, 0.3) is 0 Å². The Morgan fingerprint density at radius 3 is 2.89 bits per heavy atom. The minimum atomic E-state index is -0.390. The molecule has 0 radical (unpaired) electrons. The van der Waals surface area contributed by atoms with Crippen molar-refractivity contribution in [1.82, 2.24) is 15.5 Å². The van der Waals surface area contributed by atoms with Crippen molar-refractivity contribution in [3.05, 3.63) is 0 Å². The number of nitrogens with one attached hydrogen (secondary N) is 1. The SMILES string of the molecule is COCCNCC(O)CSc1nnc(N(C)C)s1. The summed E-state index contributed by atoms with van der Waals surface area (Å²) in [4.78, 5) is 1.92. The molecule has 0 aliphatic carbocycles. The van der Waals surface area contributed by atoms with E-state index < -0.39 is 6.10 Å². The number of thioether (sulfide) groups is 1. The van der Waals surface area contributed by atoms with Crippen LogP contribution in [0, 0.1) is 0 Å². The van der Waals surface area contributed by atoms with Gasteiger partial charge in [0.2, 0.25) is 5.13 Å². The lowest BCUT2D eigenvalue weighted by molar-refractivity contribution is 0.175. The van der Waals surface area contributed by atoms with Crippen LogP contribution < -0.4 is 10.2 Å². The van der Waals surface area contributed by atoms with Crippen LogP contribution in [0.2, 0.25) is 0 Å². The molecule has 0 amide bonds. The molecule has 18 heavy (non-hydrogen) atoms. The molecule has 0 aliphatic rings. The van der Waals surface area contributed by atoms with Crippen molar-refractivity contribution in [1.29, 1.82) is 0 Å². The maximum absolute atomic E-state index is 9.75. The molecule has 0 fully saturated rings. The van der Waals surface area contributed by atoms with Crippen molar-refractivity contribution in [2.75, 3.05) is 51.6 Å². The van der Waals surface area contributed by atoms with E-state index >= 15 is 0 Å². The van der Waals surface area contributed by atoms with Gasteiger partial charge in [0, 0.05) is 40.0 Å². The largest absolute Gasteiger partial charge is 0.391 e. The molecule has 1 atom stereocenters. The smallest absolute Gasteiger partial charge is 0.208 e. The van der Waals surface area contributed by atoms with Gasteiger partial charge in [-0.1, -0.05) is 23.1 Å². The highest BCUT2D eigenvalue weighted by Crippen LogP contribution is 2.26. The molecule has 0 spiro atoms. The van der Waals surface area contributed by atoms with Gasteiger partial charge in [-0.05, 0) is 0 Å². The van der Waals surface area contributed by atoms with Crippen molar-refractivity contribution < 1.29 is 9.84 Å². The van der Waals surface area contributed by atoms with Gasteiger partial charge >= 0.3 is 0 Å². The van der Waals surface area contributed by atoms with Gasteiger partial charge in [-0.25, -0.2) is 0 Å². The maximum atomic E-state index is 9.75. The summed E-state index contributed by atoms with van der Waals surface area (Å²) in [5.41, 5.74) is 0. The van der Waals surface area contributed by atoms with Gasteiger partial charge < -0.3 is 20.1 Å². The number of aliphatic hydroxyl groups excluding tert-OH is 1. The Hall–Kier alpha value is -0.410. The molecule has 1 aromatic heterocycles. The number of rotatable bonds is 9. The van der Waals surface area contributed by atoms with Crippen LogP contribution in [0.5, 0.6) is 0 Å². The summed E-state index contributed by atoms with van der Waals surface area (Å²) >= 11 is 3.06. The quantitative estimate of drug-likeness (QED) is 0.501. The number of hydrogen-bond acceptors (Lipinski definition) is 8. The van der Waals surface area contributed by atoms with Gasteiger partial charge in [-0.2, -0.15) is 0 Å². The van der Waals surface area contributed by atoms with Crippen LogP contribution in [0.3, 0.4) is 0 Å². The van der Waals surface area contributed by atoms with Crippen molar-refractivity contribution in [2.45, 2.75) is 10.4 Å². The van der Waals surface area contributed by atoms with Gasteiger partial charge in [-0.3, -0.25) is 0 Å². The van der Waals surface area contributed by atoms with Crippen LogP contribution in [-0.4, -0.2) is 68.1 Å². The Bertz CT molecular complexity index is 335.